The molecule has 5 aromatic rings. The fraction of sp³-hybridized carbons (Fsp3) is 0.0968. The second-order valence-corrected chi connectivity index (χ2v) is 10.1. The molecule has 0 bridgehead atoms. The summed E-state index contributed by atoms with van der Waals surface area (Å²) in [5.74, 6) is 0. The van der Waals surface area contributed by atoms with Crippen LogP contribution in [-0.4, -0.2) is 0 Å². The van der Waals surface area contributed by atoms with Crippen LogP contribution in [0.5, 0.6) is 0 Å². The Labute approximate surface area is 204 Å². The summed E-state index contributed by atoms with van der Waals surface area (Å²) in [6, 6.07) is 37.9. The van der Waals surface area contributed by atoms with Gasteiger partial charge in [0.2, 0.25) is 0 Å². The average Bonchev–Trinajstić information content (AvgIpc) is 3.36. The number of hydrogen-bond acceptors (Lipinski definition) is 3. The number of thiophene rings is 1. The van der Waals surface area contributed by atoms with E-state index in [0.717, 1.165) is 6.54 Å². The third kappa shape index (κ3) is 2.62. The van der Waals surface area contributed by atoms with Crippen molar-refractivity contribution in [1.82, 2.24) is 0 Å². The molecule has 1 N–H and O–H groups in total. The highest BCUT2D eigenvalue weighted by Crippen LogP contribution is 2.61. The molecular formula is C31H24N2S. The third-order valence-corrected chi connectivity index (χ3v) is 8.30. The molecular weight excluding hydrogens is 432 g/mol. The van der Waals surface area contributed by atoms with Crippen molar-refractivity contribution in [2.45, 2.75) is 18.9 Å². The van der Waals surface area contributed by atoms with Crippen LogP contribution in [0.3, 0.4) is 0 Å². The molecule has 2 aliphatic rings. The second kappa shape index (κ2) is 7.34. The van der Waals surface area contributed by atoms with E-state index in [4.69, 9.17) is 0 Å². The molecule has 2 nitrogen and oxygen atoms in total. The van der Waals surface area contributed by atoms with Gasteiger partial charge in [0, 0.05) is 28.5 Å². The summed E-state index contributed by atoms with van der Waals surface area (Å²) in [4.78, 5) is 3.86. The van der Waals surface area contributed by atoms with Crippen LogP contribution in [-0.2, 0) is 12.0 Å². The Morgan fingerprint density at radius 2 is 1.29 bits per heavy atom. The summed E-state index contributed by atoms with van der Waals surface area (Å²) in [6.07, 6.45) is 0. The lowest BCUT2D eigenvalue weighted by molar-refractivity contribution is 0.727. The number of fused-ring (bicyclic) bond motifs is 8. The van der Waals surface area contributed by atoms with Crippen molar-refractivity contribution < 1.29 is 0 Å². The smallest absolute Gasteiger partial charge is 0.0875 e. The first-order chi connectivity index (χ1) is 16.8. The predicted octanol–water partition coefficient (Wildman–Crippen LogP) is 8.15. The van der Waals surface area contributed by atoms with Crippen molar-refractivity contribution in [3.05, 3.63) is 141 Å². The second-order valence-electron chi connectivity index (χ2n) is 9.19. The van der Waals surface area contributed by atoms with Gasteiger partial charge in [-0.3, -0.25) is 0 Å². The molecule has 4 aromatic carbocycles. The summed E-state index contributed by atoms with van der Waals surface area (Å²) in [7, 11) is 0. The average molecular weight is 457 g/mol. The van der Waals surface area contributed by atoms with E-state index >= 15 is 0 Å². The minimum Gasteiger partial charge on any atom is -0.354 e. The van der Waals surface area contributed by atoms with Crippen LogP contribution >= 0.6 is 11.3 Å². The molecule has 0 aliphatic carbocycles. The topological polar surface area (TPSA) is 15.3 Å². The molecule has 2 aliphatic heterocycles. The minimum absolute atomic E-state index is 0.345. The van der Waals surface area contributed by atoms with Gasteiger partial charge in [-0.1, -0.05) is 84.4 Å². The Hall–Kier alpha value is -3.82. The van der Waals surface area contributed by atoms with E-state index in [0.29, 0.717) is 0 Å². The van der Waals surface area contributed by atoms with E-state index in [1.165, 1.54) is 55.4 Å². The first-order valence-corrected chi connectivity index (χ1v) is 12.6. The van der Waals surface area contributed by atoms with Crippen molar-refractivity contribution in [3.63, 3.8) is 0 Å². The molecule has 7 rings (SSSR count). The molecule has 0 saturated carbocycles. The lowest BCUT2D eigenvalue weighted by Gasteiger charge is -2.48. The van der Waals surface area contributed by atoms with E-state index < -0.39 is 0 Å². The van der Waals surface area contributed by atoms with Crippen molar-refractivity contribution in [1.29, 1.82) is 0 Å². The number of rotatable bonds is 2. The highest BCUT2D eigenvalue weighted by molar-refractivity contribution is 7.10. The van der Waals surface area contributed by atoms with Gasteiger partial charge in [0.15, 0.2) is 0 Å². The first kappa shape index (κ1) is 19.6. The zero-order chi connectivity index (χ0) is 22.7. The lowest BCUT2D eigenvalue weighted by Crippen LogP contribution is -2.40. The van der Waals surface area contributed by atoms with Crippen molar-refractivity contribution in [3.8, 4) is 0 Å². The highest BCUT2D eigenvalue weighted by Gasteiger charge is 2.50. The largest absolute Gasteiger partial charge is 0.354 e. The van der Waals surface area contributed by atoms with Gasteiger partial charge in [-0.25, -0.2) is 0 Å². The molecule has 3 heteroatoms. The highest BCUT2D eigenvalue weighted by atomic mass is 32.1. The fourth-order valence-corrected chi connectivity index (χ4v) is 6.89. The SMILES string of the molecule is Cc1ccc(CN2c3ccccc3C3(c4ccccc4Nc4ccsc43)c3ccccc32)cc1. The van der Waals surface area contributed by atoms with Crippen molar-refractivity contribution in [2.24, 2.45) is 0 Å². The number of nitrogens with one attached hydrogen (secondary N) is 1. The number of hydrogen-bond donors (Lipinski definition) is 1. The van der Waals surface area contributed by atoms with E-state index in [9.17, 15) is 0 Å². The Morgan fingerprint density at radius 3 is 2.00 bits per heavy atom. The maximum Gasteiger partial charge on any atom is 0.0875 e. The van der Waals surface area contributed by atoms with E-state index in [2.05, 4.69) is 126 Å². The monoisotopic (exact) mass is 456 g/mol. The quantitative estimate of drug-likeness (QED) is 0.283. The van der Waals surface area contributed by atoms with Gasteiger partial charge < -0.3 is 10.2 Å². The normalized spacial score (nSPS) is 14.6. The summed E-state index contributed by atoms with van der Waals surface area (Å²) >= 11 is 1.85. The van der Waals surface area contributed by atoms with Gasteiger partial charge in [0.05, 0.1) is 11.1 Å². The summed E-state index contributed by atoms with van der Waals surface area (Å²) in [6.45, 7) is 2.98. The number of aryl methyl sites for hydroxylation is 1. The van der Waals surface area contributed by atoms with Crippen molar-refractivity contribution in [2.75, 3.05) is 10.2 Å². The molecule has 0 unspecified atom stereocenters. The van der Waals surface area contributed by atoms with Crippen LogP contribution in [0.1, 0.15) is 32.7 Å². The van der Waals surface area contributed by atoms with Gasteiger partial charge in [-0.15, -0.1) is 11.3 Å². The molecule has 1 spiro atoms. The molecule has 0 fully saturated rings. The zero-order valence-corrected chi connectivity index (χ0v) is 19.8. The standard InChI is InChI=1S/C31H24N2S/c1-21-14-16-22(17-15-21)20-33-28-12-6-3-9-24(28)31(25-10-4-7-13-29(25)33)23-8-2-5-11-26(23)32-27-18-19-34-30(27)31/h2-19,32H,20H2,1H3. The molecule has 3 heterocycles. The molecule has 0 amide bonds. The summed E-state index contributed by atoms with van der Waals surface area (Å²) < 4.78 is 0. The van der Waals surface area contributed by atoms with Gasteiger partial charge >= 0.3 is 0 Å². The fourth-order valence-electron chi connectivity index (χ4n) is 5.79. The van der Waals surface area contributed by atoms with Crippen LogP contribution < -0.4 is 10.2 Å². The number of para-hydroxylation sites is 3. The number of nitrogens with zero attached hydrogens (tertiary/aromatic N) is 1. The molecule has 164 valence electrons. The van der Waals surface area contributed by atoms with E-state index in [-0.39, 0.29) is 5.41 Å². The molecule has 0 saturated heterocycles. The van der Waals surface area contributed by atoms with Crippen LogP contribution in [0, 0.1) is 6.92 Å². The van der Waals surface area contributed by atoms with Crippen LogP contribution in [0.4, 0.5) is 22.7 Å². The third-order valence-electron chi connectivity index (χ3n) is 7.27. The van der Waals surface area contributed by atoms with Crippen LogP contribution in [0.2, 0.25) is 0 Å². The van der Waals surface area contributed by atoms with Gasteiger partial charge in [-0.05, 0) is 58.8 Å². The number of anilines is 4. The molecule has 1 aromatic heterocycles. The Kier molecular flexibility index (Phi) is 4.24. The lowest BCUT2D eigenvalue weighted by atomic mass is 9.63. The van der Waals surface area contributed by atoms with E-state index in [1.807, 2.05) is 11.3 Å². The van der Waals surface area contributed by atoms with Gasteiger partial charge in [0.1, 0.15) is 0 Å². The number of benzene rings is 4. The predicted molar refractivity (Wildman–Crippen MR) is 143 cm³/mol. The maximum atomic E-state index is 3.71. The minimum atomic E-state index is -0.345. The van der Waals surface area contributed by atoms with E-state index in [1.54, 1.807) is 0 Å². The van der Waals surface area contributed by atoms with Gasteiger partial charge in [0.25, 0.3) is 0 Å². The van der Waals surface area contributed by atoms with Gasteiger partial charge in [-0.2, -0.15) is 0 Å². The Balaban J connectivity index is 1.55. The molecule has 0 radical (unpaired) electrons. The summed E-state index contributed by atoms with van der Waals surface area (Å²) in [5.41, 5.74) is 11.2. The Bertz CT molecular complexity index is 1480. The zero-order valence-electron chi connectivity index (χ0n) is 19.0. The maximum absolute atomic E-state index is 3.71. The molecule has 0 atom stereocenters. The van der Waals surface area contributed by atoms with Crippen molar-refractivity contribution >= 4 is 34.1 Å². The van der Waals surface area contributed by atoms with Crippen LogP contribution in [0.25, 0.3) is 0 Å². The summed E-state index contributed by atoms with van der Waals surface area (Å²) in [5, 5.41) is 5.92. The van der Waals surface area contributed by atoms with Crippen LogP contribution in [0.15, 0.2) is 109 Å². The molecule has 34 heavy (non-hydrogen) atoms. The first-order valence-electron chi connectivity index (χ1n) is 11.7. The Morgan fingerprint density at radius 1 is 0.676 bits per heavy atom.